The minimum Gasteiger partial charge on any atom is -0.452 e. The molecule has 24 heavy (non-hydrogen) atoms. The van der Waals surface area contributed by atoms with Gasteiger partial charge in [0.15, 0.2) is 5.76 Å². The number of carbonyl (C=O) groups excluding carboxylic acids is 2. The number of nitrogens with zero attached hydrogens (tertiary/aromatic N) is 3. The lowest BCUT2D eigenvalue weighted by atomic mass is 10.1. The van der Waals surface area contributed by atoms with E-state index in [1.165, 1.54) is 42.8 Å². The van der Waals surface area contributed by atoms with Crippen molar-refractivity contribution in [3.63, 3.8) is 0 Å². The molecular weight excluding hydrogens is 318 g/mol. The predicted molar refractivity (Wildman–Crippen MR) is 80.5 cm³/mol. The van der Waals surface area contributed by atoms with Gasteiger partial charge in [0, 0.05) is 13.0 Å². The lowest BCUT2D eigenvalue weighted by Gasteiger charge is -2.02. The Morgan fingerprint density at radius 3 is 2.83 bits per heavy atom. The van der Waals surface area contributed by atoms with Gasteiger partial charge < -0.3 is 19.6 Å². The van der Waals surface area contributed by atoms with Crippen LogP contribution in [-0.2, 0) is 11.8 Å². The number of hydrogen-bond acceptors (Lipinski definition) is 7. The van der Waals surface area contributed by atoms with Gasteiger partial charge in [0.1, 0.15) is 17.7 Å². The summed E-state index contributed by atoms with van der Waals surface area (Å²) in [5, 5.41) is 10.8. The van der Waals surface area contributed by atoms with Crippen LogP contribution in [0.5, 0.6) is 11.5 Å². The van der Waals surface area contributed by atoms with Crippen LogP contribution in [0.3, 0.4) is 0 Å². The average molecular weight is 329 g/mol. The van der Waals surface area contributed by atoms with Gasteiger partial charge >= 0.3 is 11.8 Å². The van der Waals surface area contributed by atoms with Crippen LogP contribution in [-0.4, -0.2) is 26.2 Å². The monoisotopic (exact) mass is 329 g/mol. The van der Waals surface area contributed by atoms with Crippen molar-refractivity contribution in [1.82, 2.24) is 9.55 Å². The number of ether oxygens (including phenoxy) is 2. The van der Waals surface area contributed by atoms with E-state index in [0.717, 1.165) is 6.20 Å². The molecule has 0 fully saturated rings. The standard InChI is InChI=1S/C15H11N3O6/c1-8(19)23-9-3-4-10-11(5-9)24-12(15(10)20)6-13-16-7-14(17(13)2)18(21)22/h3-7H,1-2H3. The summed E-state index contributed by atoms with van der Waals surface area (Å²) in [7, 11) is 1.46. The second kappa shape index (κ2) is 5.61. The maximum atomic E-state index is 12.3. The number of fused-ring (bicyclic) bond motifs is 1. The van der Waals surface area contributed by atoms with Crippen LogP contribution in [0.1, 0.15) is 23.1 Å². The van der Waals surface area contributed by atoms with Crippen LogP contribution in [0.4, 0.5) is 5.82 Å². The molecule has 122 valence electrons. The van der Waals surface area contributed by atoms with Crippen LogP contribution in [0, 0.1) is 10.1 Å². The zero-order valence-corrected chi connectivity index (χ0v) is 12.7. The largest absolute Gasteiger partial charge is 0.452 e. The van der Waals surface area contributed by atoms with Crippen LogP contribution >= 0.6 is 0 Å². The van der Waals surface area contributed by atoms with Crippen LogP contribution < -0.4 is 9.47 Å². The number of benzene rings is 1. The van der Waals surface area contributed by atoms with Crippen molar-refractivity contribution in [2.45, 2.75) is 6.92 Å². The van der Waals surface area contributed by atoms with E-state index in [0.29, 0.717) is 5.56 Å². The zero-order valence-electron chi connectivity index (χ0n) is 12.7. The van der Waals surface area contributed by atoms with Crippen molar-refractivity contribution in [2.24, 2.45) is 7.05 Å². The van der Waals surface area contributed by atoms with Gasteiger partial charge in [0.05, 0.1) is 18.7 Å². The fourth-order valence-electron chi connectivity index (χ4n) is 2.23. The van der Waals surface area contributed by atoms with Gasteiger partial charge in [-0.15, -0.1) is 0 Å². The van der Waals surface area contributed by atoms with E-state index in [1.54, 1.807) is 0 Å². The SMILES string of the molecule is CC(=O)Oc1ccc2c(c1)OC(=Cc1ncc([N+](=O)[O-])n1C)C2=O. The fraction of sp³-hybridized carbons (Fsp3) is 0.133. The van der Waals surface area contributed by atoms with Crippen LogP contribution in [0.25, 0.3) is 6.08 Å². The zero-order chi connectivity index (χ0) is 17.4. The summed E-state index contributed by atoms with van der Waals surface area (Å²) in [5.74, 6) is -0.398. The summed E-state index contributed by atoms with van der Waals surface area (Å²) >= 11 is 0. The average Bonchev–Trinajstić information content (AvgIpc) is 3.00. The number of carbonyl (C=O) groups is 2. The third kappa shape index (κ3) is 2.62. The summed E-state index contributed by atoms with van der Waals surface area (Å²) in [5.41, 5.74) is 0.306. The minimum absolute atomic E-state index is 0.0198. The van der Waals surface area contributed by atoms with Gasteiger partial charge in [0.2, 0.25) is 11.6 Å². The Morgan fingerprint density at radius 2 is 2.21 bits per heavy atom. The molecule has 1 aromatic carbocycles. The molecule has 1 aromatic heterocycles. The maximum Gasteiger partial charge on any atom is 0.342 e. The third-order valence-electron chi connectivity index (χ3n) is 3.35. The Balaban J connectivity index is 1.93. The number of hydrogen-bond donors (Lipinski definition) is 0. The molecule has 0 aliphatic carbocycles. The number of allylic oxidation sites excluding steroid dienone is 1. The van der Waals surface area contributed by atoms with E-state index in [4.69, 9.17) is 9.47 Å². The van der Waals surface area contributed by atoms with Gasteiger partial charge in [-0.25, -0.2) is 9.55 Å². The van der Waals surface area contributed by atoms with E-state index in [1.807, 2.05) is 0 Å². The highest BCUT2D eigenvalue weighted by Crippen LogP contribution is 2.35. The van der Waals surface area contributed by atoms with Gasteiger partial charge in [-0.05, 0) is 17.1 Å². The number of esters is 1. The highest BCUT2D eigenvalue weighted by molar-refractivity contribution is 6.14. The first-order chi connectivity index (χ1) is 11.4. The summed E-state index contributed by atoms with van der Waals surface area (Å²) < 4.78 is 11.6. The first kappa shape index (κ1) is 15.4. The predicted octanol–water partition coefficient (Wildman–Crippen LogP) is 1.87. The van der Waals surface area contributed by atoms with E-state index < -0.39 is 10.9 Å². The molecule has 0 radical (unpaired) electrons. The minimum atomic E-state index is -0.577. The summed E-state index contributed by atoms with van der Waals surface area (Å²) in [6.45, 7) is 1.26. The summed E-state index contributed by atoms with van der Waals surface area (Å²) in [6, 6.07) is 4.39. The third-order valence-corrected chi connectivity index (χ3v) is 3.35. The van der Waals surface area contributed by atoms with Gasteiger partial charge in [-0.2, -0.15) is 0 Å². The van der Waals surface area contributed by atoms with Crippen molar-refractivity contribution in [2.75, 3.05) is 0 Å². The Bertz CT molecular complexity index is 912. The first-order valence-corrected chi connectivity index (χ1v) is 6.79. The number of rotatable bonds is 3. The normalized spacial score (nSPS) is 14.4. The van der Waals surface area contributed by atoms with Crippen LogP contribution in [0.15, 0.2) is 30.2 Å². The van der Waals surface area contributed by atoms with E-state index in [2.05, 4.69) is 4.98 Å². The second-order valence-electron chi connectivity index (χ2n) is 4.98. The van der Waals surface area contributed by atoms with Crippen molar-refractivity contribution < 1.29 is 24.0 Å². The Labute approximate surface area is 135 Å². The van der Waals surface area contributed by atoms with Crippen LogP contribution in [0.2, 0.25) is 0 Å². The van der Waals surface area contributed by atoms with E-state index >= 15 is 0 Å². The van der Waals surface area contributed by atoms with Crippen molar-refractivity contribution in [3.8, 4) is 11.5 Å². The quantitative estimate of drug-likeness (QED) is 0.277. The topological polar surface area (TPSA) is 114 Å². The molecule has 0 atom stereocenters. The summed E-state index contributed by atoms with van der Waals surface area (Å²) in [6.07, 6.45) is 2.42. The Morgan fingerprint density at radius 1 is 1.46 bits per heavy atom. The van der Waals surface area contributed by atoms with Crippen molar-refractivity contribution >= 4 is 23.6 Å². The molecule has 0 N–H and O–H groups in total. The lowest BCUT2D eigenvalue weighted by molar-refractivity contribution is -0.391. The molecule has 9 nitrogen and oxygen atoms in total. The maximum absolute atomic E-state index is 12.3. The smallest absolute Gasteiger partial charge is 0.342 e. The second-order valence-corrected chi connectivity index (χ2v) is 4.98. The summed E-state index contributed by atoms with van der Waals surface area (Å²) in [4.78, 5) is 37.4. The molecular formula is C15H11N3O6. The number of ketones is 1. The van der Waals surface area contributed by atoms with Gasteiger partial charge in [0.25, 0.3) is 0 Å². The molecule has 0 bridgehead atoms. The number of Topliss-reactive ketones (excluding diaryl/α,β-unsaturated/α-hetero) is 1. The molecule has 1 aliphatic heterocycles. The fourth-order valence-corrected chi connectivity index (χ4v) is 2.23. The molecule has 0 saturated carbocycles. The lowest BCUT2D eigenvalue weighted by Crippen LogP contribution is -2.02. The molecule has 0 saturated heterocycles. The molecule has 0 unspecified atom stereocenters. The van der Waals surface area contributed by atoms with Crippen molar-refractivity contribution in [1.29, 1.82) is 0 Å². The highest BCUT2D eigenvalue weighted by Gasteiger charge is 2.29. The molecule has 1 aliphatic rings. The number of aromatic nitrogens is 2. The molecule has 0 amide bonds. The van der Waals surface area contributed by atoms with Gasteiger partial charge in [-0.1, -0.05) is 0 Å². The molecule has 2 aromatic rings. The first-order valence-electron chi connectivity index (χ1n) is 6.79. The molecule has 0 spiro atoms. The molecule has 2 heterocycles. The Hall–Kier alpha value is -3.49. The number of imidazole rings is 1. The molecule has 9 heteroatoms. The molecule has 3 rings (SSSR count). The van der Waals surface area contributed by atoms with Gasteiger partial charge in [-0.3, -0.25) is 9.59 Å². The number of nitro groups is 1. The highest BCUT2D eigenvalue weighted by atomic mass is 16.6. The van der Waals surface area contributed by atoms with E-state index in [9.17, 15) is 19.7 Å². The Kier molecular flexibility index (Phi) is 3.60. The van der Waals surface area contributed by atoms with E-state index in [-0.39, 0.29) is 34.7 Å². The van der Waals surface area contributed by atoms with Crippen molar-refractivity contribution in [3.05, 3.63) is 51.7 Å².